The van der Waals surface area contributed by atoms with Crippen molar-refractivity contribution in [3.8, 4) is 5.69 Å². The van der Waals surface area contributed by atoms with E-state index < -0.39 is 0 Å². The average molecular weight is 434 g/mol. The fourth-order valence-electron chi connectivity index (χ4n) is 3.26. The van der Waals surface area contributed by atoms with Gasteiger partial charge in [-0.25, -0.2) is 4.98 Å². The molecule has 2 heterocycles. The summed E-state index contributed by atoms with van der Waals surface area (Å²) in [5, 5.41) is 1.04. The number of hydrogen-bond acceptors (Lipinski definition) is 5. The summed E-state index contributed by atoms with van der Waals surface area (Å²) in [5.41, 5.74) is 3.45. The Hall–Kier alpha value is -3.32. The van der Waals surface area contributed by atoms with Gasteiger partial charge in [0.25, 0.3) is 5.56 Å². The fourth-order valence-corrected chi connectivity index (χ4v) is 4.22. The number of amides is 1. The molecule has 0 atom stereocenters. The summed E-state index contributed by atoms with van der Waals surface area (Å²) in [6.45, 7) is 4.43. The maximum absolute atomic E-state index is 13.3. The monoisotopic (exact) mass is 433 g/mol. The van der Waals surface area contributed by atoms with Crippen LogP contribution in [0.3, 0.4) is 0 Å². The molecule has 7 heteroatoms. The molecule has 0 unspecified atom stereocenters. The topological polar surface area (TPSA) is 68.3 Å². The van der Waals surface area contributed by atoms with Crippen LogP contribution in [0.15, 0.2) is 75.2 Å². The number of benzene rings is 2. The molecule has 0 radical (unpaired) electrons. The number of fused-ring (bicyclic) bond motifs is 1. The summed E-state index contributed by atoms with van der Waals surface area (Å²) in [4.78, 5) is 32.3. The molecule has 4 aromatic rings. The third-order valence-electron chi connectivity index (χ3n) is 5.22. The predicted molar refractivity (Wildman–Crippen MR) is 123 cm³/mol. The number of nitrogens with zero attached hydrogens (tertiary/aromatic N) is 3. The summed E-state index contributed by atoms with van der Waals surface area (Å²) in [7, 11) is 1.73. The average Bonchev–Trinajstić information content (AvgIpc) is 3.27. The number of aromatic nitrogens is 2. The number of carbonyl (C=O) groups excluding carboxylic acids is 1. The van der Waals surface area contributed by atoms with Crippen molar-refractivity contribution < 1.29 is 9.21 Å². The van der Waals surface area contributed by atoms with Gasteiger partial charge < -0.3 is 9.32 Å². The summed E-state index contributed by atoms with van der Waals surface area (Å²) in [5.74, 6) is 0.805. The van der Waals surface area contributed by atoms with E-state index in [1.807, 2.05) is 56.3 Å². The van der Waals surface area contributed by atoms with Gasteiger partial charge in [-0.1, -0.05) is 30.0 Å². The van der Waals surface area contributed by atoms with E-state index in [0.29, 0.717) is 22.6 Å². The lowest BCUT2D eigenvalue weighted by molar-refractivity contribution is -0.127. The van der Waals surface area contributed by atoms with Gasteiger partial charge in [-0.2, -0.15) is 0 Å². The van der Waals surface area contributed by atoms with E-state index >= 15 is 0 Å². The first-order chi connectivity index (χ1) is 14.9. The third kappa shape index (κ3) is 4.41. The number of hydrogen-bond donors (Lipinski definition) is 0. The van der Waals surface area contributed by atoms with Crippen LogP contribution in [0.5, 0.6) is 0 Å². The maximum Gasteiger partial charge on any atom is 0.266 e. The third-order valence-corrected chi connectivity index (χ3v) is 6.14. The van der Waals surface area contributed by atoms with Crippen molar-refractivity contribution in [3.05, 3.63) is 88.1 Å². The molecule has 0 fully saturated rings. The maximum atomic E-state index is 13.3. The molecule has 31 heavy (non-hydrogen) atoms. The molecule has 0 spiro atoms. The minimum Gasteiger partial charge on any atom is -0.467 e. The van der Waals surface area contributed by atoms with E-state index in [9.17, 15) is 9.59 Å². The van der Waals surface area contributed by atoms with Crippen LogP contribution in [-0.2, 0) is 11.3 Å². The van der Waals surface area contributed by atoms with Crippen LogP contribution in [0.1, 0.15) is 16.9 Å². The van der Waals surface area contributed by atoms with Crippen LogP contribution in [0.4, 0.5) is 0 Å². The van der Waals surface area contributed by atoms with Crippen LogP contribution in [0.2, 0.25) is 0 Å². The minimum absolute atomic E-state index is 0.0737. The van der Waals surface area contributed by atoms with Gasteiger partial charge in [0.1, 0.15) is 5.76 Å². The van der Waals surface area contributed by atoms with Crippen molar-refractivity contribution in [2.75, 3.05) is 12.8 Å². The van der Waals surface area contributed by atoms with Crippen LogP contribution in [0, 0.1) is 13.8 Å². The molecular formula is C24H23N3O3S. The highest BCUT2D eigenvalue weighted by Gasteiger charge is 2.17. The largest absolute Gasteiger partial charge is 0.467 e. The Morgan fingerprint density at radius 1 is 1.10 bits per heavy atom. The molecule has 1 amide bonds. The lowest BCUT2D eigenvalue weighted by Crippen LogP contribution is -2.28. The molecule has 0 saturated heterocycles. The standard InChI is InChI=1S/C24H23N3O3S/c1-16-10-11-18(13-17(16)2)27-23(29)20-8-4-5-9-21(20)25-24(27)31-15-22(28)26(3)14-19-7-6-12-30-19/h4-13H,14-15H2,1-3H3. The van der Waals surface area contributed by atoms with E-state index in [1.54, 1.807) is 34.9 Å². The normalized spacial score (nSPS) is 11.1. The quantitative estimate of drug-likeness (QED) is 0.334. The van der Waals surface area contributed by atoms with Crippen molar-refractivity contribution in [2.45, 2.75) is 25.5 Å². The molecule has 158 valence electrons. The number of aryl methyl sites for hydroxylation is 2. The Morgan fingerprint density at radius 3 is 2.65 bits per heavy atom. The van der Waals surface area contributed by atoms with Crippen LogP contribution in [0.25, 0.3) is 16.6 Å². The molecule has 0 aliphatic heterocycles. The fraction of sp³-hybridized carbons (Fsp3) is 0.208. The van der Waals surface area contributed by atoms with Gasteiger partial charge in [-0.3, -0.25) is 14.2 Å². The van der Waals surface area contributed by atoms with Crippen LogP contribution < -0.4 is 5.56 Å². The highest BCUT2D eigenvalue weighted by molar-refractivity contribution is 7.99. The van der Waals surface area contributed by atoms with Crippen molar-refractivity contribution in [2.24, 2.45) is 0 Å². The van der Waals surface area contributed by atoms with E-state index in [4.69, 9.17) is 9.40 Å². The zero-order valence-corrected chi connectivity index (χ0v) is 18.5. The Balaban J connectivity index is 1.68. The predicted octanol–water partition coefficient (Wildman–Crippen LogP) is 4.35. The summed E-state index contributed by atoms with van der Waals surface area (Å²) in [6, 6.07) is 16.8. The number of furan rings is 1. The molecule has 0 aliphatic carbocycles. The highest BCUT2D eigenvalue weighted by Crippen LogP contribution is 2.23. The molecule has 2 aromatic heterocycles. The van der Waals surface area contributed by atoms with Gasteiger partial charge in [0.15, 0.2) is 5.16 Å². The van der Waals surface area contributed by atoms with Gasteiger partial charge >= 0.3 is 0 Å². The van der Waals surface area contributed by atoms with E-state index in [-0.39, 0.29) is 17.2 Å². The second kappa shape index (κ2) is 8.81. The molecule has 2 aromatic carbocycles. The first-order valence-corrected chi connectivity index (χ1v) is 10.9. The highest BCUT2D eigenvalue weighted by atomic mass is 32.2. The van der Waals surface area contributed by atoms with Crippen LogP contribution >= 0.6 is 11.8 Å². The Kier molecular flexibility index (Phi) is 5.95. The van der Waals surface area contributed by atoms with Crippen molar-refractivity contribution in [1.29, 1.82) is 0 Å². The van der Waals surface area contributed by atoms with E-state index in [1.165, 1.54) is 11.8 Å². The number of thioether (sulfide) groups is 1. The van der Waals surface area contributed by atoms with Gasteiger partial charge in [0.05, 0.1) is 35.2 Å². The van der Waals surface area contributed by atoms with Crippen LogP contribution in [-0.4, -0.2) is 33.2 Å². The summed E-state index contributed by atoms with van der Waals surface area (Å²) < 4.78 is 6.92. The Bertz CT molecular complexity index is 1300. The summed E-state index contributed by atoms with van der Waals surface area (Å²) >= 11 is 1.26. The van der Waals surface area contributed by atoms with Gasteiger partial charge in [-0.15, -0.1) is 0 Å². The number of rotatable bonds is 6. The Labute approximate surface area is 184 Å². The lowest BCUT2D eigenvalue weighted by Gasteiger charge is -2.17. The van der Waals surface area contributed by atoms with Crippen molar-refractivity contribution in [3.63, 3.8) is 0 Å². The molecular weight excluding hydrogens is 410 g/mol. The van der Waals surface area contributed by atoms with Gasteiger partial charge in [-0.05, 0) is 61.4 Å². The van der Waals surface area contributed by atoms with Gasteiger partial charge in [0, 0.05) is 7.05 Å². The second-order valence-corrected chi connectivity index (χ2v) is 8.38. The number of carbonyl (C=O) groups is 1. The van der Waals surface area contributed by atoms with E-state index in [0.717, 1.165) is 22.6 Å². The molecule has 6 nitrogen and oxygen atoms in total. The molecule has 0 saturated carbocycles. The molecule has 4 rings (SSSR count). The van der Waals surface area contributed by atoms with Crippen molar-refractivity contribution in [1.82, 2.24) is 14.5 Å². The molecule has 0 N–H and O–H groups in total. The second-order valence-electron chi connectivity index (χ2n) is 7.44. The molecule has 0 aliphatic rings. The van der Waals surface area contributed by atoms with Gasteiger partial charge in [0.2, 0.25) is 5.91 Å². The Morgan fingerprint density at radius 2 is 1.90 bits per heavy atom. The zero-order valence-electron chi connectivity index (χ0n) is 17.7. The smallest absolute Gasteiger partial charge is 0.266 e. The van der Waals surface area contributed by atoms with E-state index in [2.05, 4.69) is 0 Å². The van der Waals surface area contributed by atoms with Crippen molar-refractivity contribution >= 4 is 28.6 Å². The first-order valence-electron chi connectivity index (χ1n) is 9.92. The lowest BCUT2D eigenvalue weighted by atomic mass is 10.1. The minimum atomic E-state index is -0.146. The molecule has 0 bridgehead atoms. The summed E-state index contributed by atoms with van der Waals surface area (Å²) in [6.07, 6.45) is 1.59. The zero-order chi connectivity index (χ0) is 22.0. The number of para-hydroxylation sites is 1. The first kappa shape index (κ1) is 20.9. The SMILES string of the molecule is Cc1ccc(-n2c(SCC(=O)N(C)Cc3ccco3)nc3ccccc3c2=O)cc1C.